The molecular weight excluding hydrogens is 204 g/mol. The highest BCUT2D eigenvalue weighted by Gasteiger charge is 2.37. The predicted molar refractivity (Wildman–Crippen MR) is 73.8 cm³/mol. The second-order valence-corrected chi connectivity index (χ2v) is 6.22. The minimum Gasteiger partial charge on any atom is -0.0772 e. The van der Waals surface area contributed by atoms with Crippen molar-refractivity contribution in [3.05, 3.63) is 45.6 Å². The average molecular weight is 226 g/mol. The molecule has 0 nitrogen and oxygen atoms in total. The zero-order valence-corrected chi connectivity index (χ0v) is 11.5. The summed E-state index contributed by atoms with van der Waals surface area (Å²) in [6.45, 7) is 9.44. The lowest BCUT2D eigenvalue weighted by molar-refractivity contribution is 0.517. The standard InChI is InChI=1S/C17H22/c1-11-5-9-15-13(11)7-8-14-12(2)6-10-16(14)17(15,3)4/h5-6H,7-10H2,1-4H3. The fourth-order valence-electron chi connectivity index (χ4n) is 3.87. The molecule has 0 aromatic rings. The number of hydrogen-bond acceptors (Lipinski definition) is 0. The molecule has 0 unspecified atom stereocenters. The summed E-state index contributed by atoms with van der Waals surface area (Å²) in [5.74, 6) is 0. The Kier molecular flexibility index (Phi) is 2.26. The van der Waals surface area contributed by atoms with Gasteiger partial charge in [-0.3, -0.25) is 0 Å². The van der Waals surface area contributed by atoms with Crippen molar-refractivity contribution in [2.24, 2.45) is 5.41 Å². The van der Waals surface area contributed by atoms with E-state index in [1.54, 1.807) is 22.3 Å². The van der Waals surface area contributed by atoms with Crippen molar-refractivity contribution in [2.75, 3.05) is 0 Å². The van der Waals surface area contributed by atoms with Gasteiger partial charge < -0.3 is 0 Å². The molecule has 90 valence electrons. The van der Waals surface area contributed by atoms with Crippen LogP contribution in [0, 0.1) is 5.41 Å². The Morgan fingerprint density at radius 2 is 1.24 bits per heavy atom. The largest absolute Gasteiger partial charge is 0.0772 e. The molecular formula is C17H22. The van der Waals surface area contributed by atoms with Gasteiger partial charge in [-0.05, 0) is 50.7 Å². The van der Waals surface area contributed by atoms with Crippen LogP contribution in [0.3, 0.4) is 0 Å². The topological polar surface area (TPSA) is 0 Å². The molecule has 3 rings (SSSR count). The molecule has 0 aromatic heterocycles. The van der Waals surface area contributed by atoms with Gasteiger partial charge in [0.15, 0.2) is 0 Å². The maximum absolute atomic E-state index is 2.43. The van der Waals surface area contributed by atoms with Crippen LogP contribution in [0.1, 0.15) is 53.4 Å². The number of rotatable bonds is 0. The summed E-state index contributed by atoms with van der Waals surface area (Å²) in [6.07, 6.45) is 9.73. The van der Waals surface area contributed by atoms with Crippen molar-refractivity contribution in [3.8, 4) is 0 Å². The third-order valence-electron chi connectivity index (χ3n) is 5.04. The summed E-state index contributed by atoms with van der Waals surface area (Å²) in [6, 6.07) is 0. The summed E-state index contributed by atoms with van der Waals surface area (Å²) >= 11 is 0. The van der Waals surface area contributed by atoms with Crippen LogP contribution in [0.2, 0.25) is 0 Å². The highest BCUT2D eigenvalue weighted by molar-refractivity contribution is 5.55. The van der Waals surface area contributed by atoms with E-state index in [4.69, 9.17) is 0 Å². The quantitative estimate of drug-likeness (QED) is 0.539. The van der Waals surface area contributed by atoms with Crippen LogP contribution in [0.4, 0.5) is 0 Å². The zero-order chi connectivity index (χ0) is 12.2. The van der Waals surface area contributed by atoms with Crippen molar-refractivity contribution < 1.29 is 0 Å². The summed E-state index contributed by atoms with van der Waals surface area (Å²) in [7, 11) is 0. The first-order valence-electron chi connectivity index (χ1n) is 6.81. The van der Waals surface area contributed by atoms with Gasteiger partial charge in [0.05, 0.1) is 0 Å². The lowest BCUT2D eigenvalue weighted by Crippen LogP contribution is -2.17. The molecule has 3 aliphatic rings. The molecule has 0 heterocycles. The lowest BCUT2D eigenvalue weighted by atomic mass is 9.74. The SMILES string of the molecule is CC1=CCC2=C1CCC1=C(CC=C1C)C2(C)C. The fraction of sp³-hybridized carbons (Fsp3) is 0.529. The molecule has 0 atom stereocenters. The van der Waals surface area contributed by atoms with E-state index in [-0.39, 0.29) is 5.41 Å². The summed E-state index contributed by atoms with van der Waals surface area (Å²) in [4.78, 5) is 0. The molecule has 0 saturated carbocycles. The van der Waals surface area contributed by atoms with E-state index in [9.17, 15) is 0 Å². The second kappa shape index (κ2) is 3.48. The molecule has 0 fully saturated rings. The van der Waals surface area contributed by atoms with E-state index in [2.05, 4.69) is 39.8 Å². The van der Waals surface area contributed by atoms with Crippen molar-refractivity contribution in [1.29, 1.82) is 0 Å². The van der Waals surface area contributed by atoms with E-state index in [0.29, 0.717) is 0 Å². The predicted octanol–water partition coefficient (Wildman–Crippen LogP) is 5.10. The molecule has 17 heavy (non-hydrogen) atoms. The van der Waals surface area contributed by atoms with E-state index in [0.717, 1.165) is 0 Å². The van der Waals surface area contributed by atoms with E-state index in [1.165, 1.54) is 36.8 Å². The Bertz CT molecular complexity index is 458. The summed E-state index contributed by atoms with van der Waals surface area (Å²) in [5, 5.41) is 0. The van der Waals surface area contributed by atoms with Crippen molar-refractivity contribution in [3.63, 3.8) is 0 Å². The van der Waals surface area contributed by atoms with Crippen LogP contribution in [-0.4, -0.2) is 0 Å². The third kappa shape index (κ3) is 1.43. The van der Waals surface area contributed by atoms with Gasteiger partial charge >= 0.3 is 0 Å². The van der Waals surface area contributed by atoms with E-state index < -0.39 is 0 Å². The molecule has 0 aliphatic heterocycles. The molecule has 0 amide bonds. The van der Waals surface area contributed by atoms with Gasteiger partial charge in [-0.1, -0.05) is 48.3 Å². The van der Waals surface area contributed by atoms with Gasteiger partial charge in [0.1, 0.15) is 0 Å². The molecule has 0 heteroatoms. The molecule has 0 spiro atoms. The second-order valence-electron chi connectivity index (χ2n) is 6.22. The van der Waals surface area contributed by atoms with Crippen LogP contribution in [-0.2, 0) is 0 Å². The molecule has 0 bridgehead atoms. The number of allylic oxidation sites excluding steroid dienone is 8. The smallest absolute Gasteiger partial charge is 0.00820 e. The summed E-state index contributed by atoms with van der Waals surface area (Å²) in [5.41, 5.74) is 10.1. The Balaban J connectivity index is 2.10. The highest BCUT2D eigenvalue weighted by atomic mass is 14.4. The van der Waals surface area contributed by atoms with Crippen molar-refractivity contribution in [1.82, 2.24) is 0 Å². The van der Waals surface area contributed by atoms with Gasteiger partial charge in [-0.2, -0.15) is 0 Å². The summed E-state index contributed by atoms with van der Waals surface area (Å²) < 4.78 is 0. The molecule has 0 radical (unpaired) electrons. The minimum atomic E-state index is 0.281. The van der Waals surface area contributed by atoms with Gasteiger partial charge in [0, 0.05) is 5.41 Å². The first-order chi connectivity index (χ1) is 8.01. The van der Waals surface area contributed by atoms with Gasteiger partial charge in [-0.15, -0.1) is 0 Å². The molecule has 0 N–H and O–H groups in total. The molecule has 0 saturated heterocycles. The fourth-order valence-corrected chi connectivity index (χ4v) is 3.87. The van der Waals surface area contributed by atoms with Crippen molar-refractivity contribution in [2.45, 2.75) is 53.4 Å². The van der Waals surface area contributed by atoms with Crippen LogP contribution < -0.4 is 0 Å². The maximum atomic E-state index is 2.43. The normalized spacial score (nSPS) is 26.6. The Hall–Kier alpha value is -1.04. The first kappa shape index (κ1) is 11.1. The maximum Gasteiger partial charge on any atom is 0.00820 e. The third-order valence-corrected chi connectivity index (χ3v) is 5.04. The Labute approximate surface area is 105 Å². The first-order valence-corrected chi connectivity index (χ1v) is 6.81. The van der Waals surface area contributed by atoms with Gasteiger partial charge in [0.2, 0.25) is 0 Å². The highest BCUT2D eigenvalue weighted by Crippen LogP contribution is 2.52. The van der Waals surface area contributed by atoms with Crippen LogP contribution in [0.15, 0.2) is 45.6 Å². The van der Waals surface area contributed by atoms with E-state index in [1.807, 2.05) is 0 Å². The van der Waals surface area contributed by atoms with Gasteiger partial charge in [-0.25, -0.2) is 0 Å². The minimum absolute atomic E-state index is 0.281. The monoisotopic (exact) mass is 226 g/mol. The Morgan fingerprint density at radius 1 is 0.824 bits per heavy atom. The molecule has 3 aliphatic carbocycles. The average Bonchev–Trinajstić information content (AvgIpc) is 2.77. The molecule has 0 aromatic carbocycles. The van der Waals surface area contributed by atoms with Crippen LogP contribution >= 0.6 is 0 Å². The lowest BCUT2D eigenvalue weighted by Gasteiger charge is -2.30. The number of hydrogen-bond donors (Lipinski definition) is 0. The van der Waals surface area contributed by atoms with E-state index >= 15 is 0 Å². The van der Waals surface area contributed by atoms with Crippen molar-refractivity contribution >= 4 is 0 Å². The zero-order valence-electron chi connectivity index (χ0n) is 11.5. The van der Waals surface area contributed by atoms with Crippen LogP contribution in [0.5, 0.6) is 0 Å². The van der Waals surface area contributed by atoms with Gasteiger partial charge in [0.25, 0.3) is 0 Å². The van der Waals surface area contributed by atoms with Crippen LogP contribution in [0.25, 0.3) is 0 Å². The Morgan fingerprint density at radius 3 is 1.65 bits per heavy atom.